The lowest BCUT2D eigenvalue weighted by Gasteiger charge is -2.27. The molecule has 1 saturated carbocycles. The molecule has 1 rings (SSSR count). The molecule has 1 unspecified atom stereocenters. The Morgan fingerprint density at radius 2 is 1.76 bits per heavy atom. The minimum absolute atomic E-state index is 0.543. The van der Waals surface area contributed by atoms with Crippen LogP contribution in [0.1, 0.15) is 65.7 Å². The summed E-state index contributed by atoms with van der Waals surface area (Å²) < 4.78 is 0. The van der Waals surface area contributed by atoms with Crippen molar-refractivity contribution >= 4 is 0 Å². The van der Waals surface area contributed by atoms with Gasteiger partial charge in [0.15, 0.2) is 0 Å². The van der Waals surface area contributed by atoms with E-state index in [1.54, 1.807) is 0 Å². The Bertz CT molecular complexity index is 193. The van der Waals surface area contributed by atoms with Crippen LogP contribution in [0.3, 0.4) is 0 Å². The maximum atomic E-state index is 10.2. The van der Waals surface area contributed by atoms with Gasteiger partial charge in [0.1, 0.15) is 0 Å². The molecule has 0 aromatic heterocycles. The van der Waals surface area contributed by atoms with Crippen LogP contribution in [0, 0.1) is 11.8 Å². The van der Waals surface area contributed by atoms with Crippen LogP contribution in [-0.4, -0.2) is 23.8 Å². The maximum Gasteiger partial charge on any atom is 0.0746 e. The molecule has 2 heteroatoms. The molecule has 0 spiro atoms. The van der Waals surface area contributed by atoms with Crippen molar-refractivity contribution in [3.63, 3.8) is 0 Å². The van der Waals surface area contributed by atoms with Gasteiger partial charge in [0.05, 0.1) is 5.60 Å². The highest BCUT2D eigenvalue weighted by Gasteiger charge is 2.22. The van der Waals surface area contributed by atoms with E-state index in [0.29, 0.717) is 5.92 Å². The summed E-state index contributed by atoms with van der Waals surface area (Å²) in [5.41, 5.74) is -0.543. The number of hydrogen-bond donors (Lipinski definition) is 2. The van der Waals surface area contributed by atoms with E-state index in [2.05, 4.69) is 19.2 Å². The van der Waals surface area contributed by atoms with E-state index in [0.717, 1.165) is 25.4 Å². The summed E-state index contributed by atoms with van der Waals surface area (Å²) in [6.45, 7) is 8.11. The molecule has 1 aliphatic rings. The number of aliphatic hydroxyl groups is 1. The summed E-state index contributed by atoms with van der Waals surface area (Å²) in [5, 5.41) is 13.7. The Kier molecular flexibility index (Phi) is 6.50. The first kappa shape index (κ1) is 15.0. The summed E-state index contributed by atoms with van der Waals surface area (Å²) in [5.74, 6) is 1.40. The Hall–Kier alpha value is -0.0800. The fourth-order valence-electron chi connectivity index (χ4n) is 3.07. The monoisotopic (exact) mass is 241 g/mol. The number of hydrogen-bond acceptors (Lipinski definition) is 2. The van der Waals surface area contributed by atoms with E-state index >= 15 is 0 Å². The molecule has 0 amide bonds. The maximum absolute atomic E-state index is 10.2. The first-order valence-electron chi connectivity index (χ1n) is 7.43. The van der Waals surface area contributed by atoms with E-state index in [9.17, 15) is 5.11 Å². The van der Waals surface area contributed by atoms with E-state index in [1.165, 1.54) is 38.5 Å². The topological polar surface area (TPSA) is 32.3 Å². The summed E-state index contributed by atoms with van der Waals surface area (Å²) >= 11 is 0. The van der Waals surface area contributed by atoms with E-state index in [1.807, 2.05) is 6.92 Å². The summed E-state index contributed by atoms with van der Waals surface area (Å²) in [4.78, 5) is 0. The third-order valence-corrected chi connectivity index (χ3v) is 3.76. The van der Waals surface area contributed by atoms with Crippen molar-refractivity contribution in [3.05, 3.63) is 0 Å². The van der Waals surface area contributed by atoms with Gasteiger partial charge in [-0.25, -0.2) is 0 Å². The van der Waals surface area contributed by atoms with Crippen molar-refractivity contribution in [2.24, 2.45) is 11.8 Å². The van der Waals surface area contributed by atoms with Crippen molar-refractivity contribution in [3.8, 4) is 0 Å². The largest absolute Gasteiger partial charge is 0.389 e. The first-order chi connectivity index (χ1) is 7.99. The second-order valence-corrected chi connectivity index (χ2v) is 6.58. The van der Waals surface area contributed by atoms with Crippen LogP contribution in [0.4, 0.5) is 0 Å². The van der Waals surface area contributed by atoms with Gasteiger partial charge in [0, 0.05) is 6.54 Å². The van der Waals surface area contributed by atoms with Crippen LogP contribution in [0.2, 0.25) is 0 Å². The normalized spacial score (nSPS) is 22.4. The molecule has 0 saturated heterocycles. The molecule has 17 heavy (non-hydrogen) atoms. The Morgan fingerprint density at radius 1 is 1.18 bits per heavy atom. The van der Waals surface area contributed by atoms with Crippen molar-refractivity contribution in [1.29, 1.82) is 0 Å². The Morgan fingerprint density at radius 3 is 2.29 bits per heavy atom. The third-order valence-electron chi connectivity index (χ3n) is 3.76. The highest BCUT2D eigenvalue weighted by Crippen LogP contribution is 2.22. The van der Waals surface area contributed by atoms with Gasteiger partial charge in [0.25, 0.3) is 0 Å². The molecule has 1 atom stereocenters. The minimum atomic E-state index is -0.543. The van der Waals surface area contributed by atoms with Crippen LogP contribution in [0.15, 0.2) is 0 Å². The highest BCUT2D eigenvalue weighted by atomic mass is 16.3. The number of nitrogens with one attached hydrogen (secondary N) is 1. The lowest BCUT2D eigenvalue weighted by molar-refractivity contribution is 0.0377. The average Bonchev–Trinajstić information content (AvgIpc) is 2.43. The SMILES string of the molecule is CC(C)CC(C)(O)CNCC1CCCCCC1. The molecule has 0 aromatic rings. The Labute approximate surface area is 107 Å². The van der Waals surface area contributed by atoms with Crippen molar-refractivity contribution in [1.82, 2.24) is 5.32 Å². The van der Waals surface area contributed by atoms with Gasteiger partial charge >= 0.3 is 0 Å². The number of rotatable bonds is 6. The second kappa shape index (κ2) is 7.38. The fourth-order valence-corrected chi connectivity index (χ4v) is 3.07. The molecule has 102 valence electrons. The quantitative estimate of drug-likeness (QED) is 0.699. The van der Waals surface area contributed by atoms with Gasteiger partial charge in [-0.1, -0.05) is 39.5 Å². The molecule has 0 bridgehead atoms. The fraction of sp³-hybridized carbons (Fsp3) is 1.00. The minimum Gasteiger partial charge on any atom is -0.389 e. The van der Waals surface area contributed by atoms with Gasteiger partial charge in [-0.15, -0.1) is 0 Å². The lowest BCUT2D eigenvalue weighted by Crippen LogP contribution is -2.40. The lowest BCUT2D eigenvalue weighted by atomic mass is 9.93. The van der Waals surface area contributed by atoms with Crippen LogP contribution < -0.4 is 5.32 Å². The van der Waals surface area contributed by atoms with Gasteiger partial charge in [-0.3, -0.25) is 0 Å². The van der Waals surface area contributed by atoms with Crippen LogP contribution in [-0.2, 0) is 0 Å². The molecule has 2 N–H and O–H groups in total. The zero-order chi connectivity index (χ0) is 12.7. The third kappa shape index (κ3) is 7.05. The van der Waals surface area contributed by atoms with Gasteiger partial charge < -0.3 is 10.4 Å². The molecule has 1 fully saturated rings. The molecular weight excluding hydrogens is 210 g/mol. The second-order valence-electron chi connectivity index (χ2n) is 6.58. The van der Waals surface area contributed by atoms with Crippen molar-refractivity contribution in [2.75, 3.05) is 13.1 Å². The molecule has 2 nitrogen and oxygen atoms in total. The van der Waals surface area contributed by atoms with Crippen molar-refractivity contribution < 1.29 is 5.11 Å². The first-order valence-corrected chi connectivity index (χ1v) is 7.43. The van der Waals surface area contributed by atoms with Gasteiger partial charge in [-0.2, -0.15) is 0 Å². The molecule has 1 aliphatic carbocycles. The molecule has 0 aliphatic heterocycles. The van der Waals surface area contributed by atoms with Gasteiger partial charge in [-0.05, 0) is 44.6 Å². The predicted molar refractivity (Wildman–Crippen MR) is 74.1 cm³/mol. The van der Waals surface area contributed by atoms with Crippen LogP contribution in [0.5, 0.6) is 0 Å². The highest BCUT2D eigenvalue weighted by molar-refractivity contribution is 4.78. The summed E-state index contributed by atoms with van der Waals surface area (Å²) in [6, 6.07) is 0. The van der Waals surface area contributed by atoms with E-state index in [-0.39, 0.29) is 0 Å². The van der Waals surface area contributed by atoms with E-state index < -0.39 is 5.60 Å². The average molecular weight is 241 g/mol. The summed E-state index contributed by atoms with van der Waals surface area (Å²) in [7, 11) is 0. The molecule has 0 heterocycles. The van der Waals surface area contributed by atoms with Gasteiger partial charge in [0.2, 0.25) is 0 Å². The molecule has 0 aromatic carbocycles. The smallest absolute Gasteiger partial charge is 0.0746 e. The standard InChI is InChI=1S/C15H31NO/c1-13(2)10-15(3,17)12-16-11-14-8-6-4-5-7-9-14/h13-14,16-17H,4-12H2,1-3H3. The zero-order valence-corrected chi connectivity index (χ0v) is 12.0. The van der Waals surface area contributed by atoms with E-state index in [4.69, 9.17) is 0 Å². The van der Waals surface area contributed by atoms with Crippen molar-refractivity contribution in [2.45, 2.75) is 71.3 Å². The predicted octanol–water partition coefficient (Wildman–Crippen LogP) is 3.34. The van der Waals surface area contributed by atoms with Crippen LogP contribution in [0.25, 0.3) is 0 Å². The Balaban J connectivity index is 2.17. The molecular formula is C15H31NO. The van der Waals surface area contributed by atoms with Crippen LogP contribution >= 0.6 is 0 Å². The summed E-state index contributed by atoms with van der Waals surface area (Å²) in [6.07, 6.45) is 9.26. The molecule has 0 radical (unpaired) electrons. The zero-order valence-electron chi connectivity index (χ0n) is 12.0.